The summed E-state index contributed by atoms with van der Waals surface area (Å²) in [5, 5.41) is 9.86. The van der Waals surface area contributed by atoms with Crippen molar-refractivity contribution in [1.82, 2.24) is 4.48 Å². The van der Waals surface area contributed by atoms with Crippen LogP contribution in [0.25, 0.3) is 5.57 Å². The lowest BCUT2D eigenvalue weighted by Crippen LogP contribution is -2.64. The summed E-state index contributed by atoms with van der Waals surface area (Å²) in [4.78, 5) is 26.0. The summed E-state index contributed by atoms with van der Waals surface area (Å²) in [5.41, 5.74) is -0.804. The molecule has 0 aliphatic carbocycles. The monoisotopic (exact) mass is 466 g/mol. The molecule has 5 nitrogen and oxygen atoms in total. The lowest BCUT2D eigenvalue weighted by molar-refractivity contribution is -0.140. The summed E-state index contributed by atoms with van der Waals surface area (Å²) in [6, 6.07) is 7.61. The van der Waals surface area contributed by atoms with Gasteiger partial charge >= 0.3 is 18.1 Å². The second kappa shape index (κ2) is 9.07. The van der Waals surface area contributed by atoms with Crippen LogP contribution < -0.4 is 4.48 Å². The molecule has 1 N–H and O–H groups in total. The number of carbonyl (C=O) groups excluding carboxylic acids is 1. The smallest absolute Gasteiger partial charge is 0.416 e. The Morgan fingerprint density at radius 1 is 1.18 bits per heavy atom. The molecule has 33 heavy (non-hydrogen) atoms. The number of benzene rings is 2. The number of quaternary nitrogens is 1. The molecule has 1 aliphatic rings. The Bertz CT molecular complexity index is 1130. The number of carboxylic acids is 1. The number of aliphatic carboxylic acids is 1. The van der Waals surface area contributed by atoms with E-state index in [1.165, 1.54) is 38.3 Å². The van der Waals surface area contributed by atoms with Crippen molar-refractivity contribution in [2.24, 2.45) is 0 Å². The number of halogens is 4. The summed E-state index contributed by atoms with van der Waals surface area (Å²) in [6.45, 7) is 2.87. The van der Waals surface area contributed by atoms with E-state index in [1.807, 2.05) is 0 Å². The number of carbonyl (C=O) groups is 2. The van der Waals surface area contributed by atoms with Gasteiger partial charge in [0.1, 0.15) is 24.1 Å². The molecule has 0 bridgehead atoms. The van der Waals surface area contributed by atoms with Gasteiger partial charge in [-0.1, -0.05) is 19.1 Å². The molecule has 1 heterocycles. The number of fused-ring (bicyclic) bond motifs is 1. The number of nitrogens with zero attached hydrogens (tertiary/aromatic N) is 1. The standard InChI is InChI=1S/C24H23F4NO4/c1-4-18(13-33-3)29(12-15-6-5-7-17(25)10-15)20-11-16(24(26,27)28)8-9-19(20)14(2)21(22(29)30)23(31)32/h5-11,18H,4,12-13H2,1-3H3/p+1. The first-order valence-electron chi connectivity index (χ1n) is 10.3. The minimum atomic E-state index is -4.68. The van der Waals surface area contributed by atoms with Gasteiger partial charge in [0.05, 0.1) is 12.2 Å². The van der Waals surface area contributed by atoms with Crippen LogP contribution >= 0.6 is 0 Å². The molecule has 3 rings (SSSR count). The molecule has 0 saturated carbocycles. The van der Waals surface area contributed by atoms with Crippen molar-refractivity contribution in [3.63, 3.8) is 0 Å². The SMILES string of the molecule is CCC(COC)[N+]1(Cc2cccc(F)c2)C(=O)C(C(=O)O)=C(C)c2ccc(C(F)(F)F)cc21. The molecule has 0 spiro atoms. The Labute approximate surface area is 188 Å². The molecular weight excluding hydrogens is 442 g/mol. The summed E-state index contributed by atoms with van der Waals surface area (Å²) in [6.07, 6.45) is -4.39. The number of hydrogen-bond acceptors (Lipinski definition) is 3. The Kier molecular flexibility index (Phi) is 6.76. The highest BCUT2D eigenvalue weighted by Crippen LogP contribution is 2.46. The van der Waals surface area contributed by atoms with Crippen LogP contribution in [-0.2, 0) is 27.0 Å². The van der Waals surface area contributed by atoms with Gasteiger partial charge in [0.2, 0.25) is 0 Å². The largest absolute Gasteiger partial charge is 0.477 e. The Morgan fingerprint density at radius 2 is 1.88 bits per heavy atom. The average Bonchev–Trinajstić information content (AvgIpc) is 2.74. The molecule has 176 valence electrons. The molecule has 2 unspecified atom stereocenters. The van der Waals surface area contributed by atoms with Crippen molar-refractivity contribution < 1.29 is 37.0 Å². The maximum absolute atomic E-state index is 14.0. The van der Waals surface area contributed by atoms with E-state index in [1.54, 1.807) is 13.0 Å². The van der Waals surface area contributed by atoms with Gasteiger partial charge in [0, 0.05) is 24.3 Å². The maximum atomic E-state index is 14.0. The molecule has 1 aliphatic heterocycles. The number of methoxy groups -OCH3 is 1. The lowest BCUT2D eigenvalue weighted by atomic mass is 9.87. The molecule has 0 fully saturated rings. The number of allylic oxidation sites excluding steroid dienone is 1. The maximum Gasteiger partial charge on any atom is 0.416 e. The molecule has 2 aromatic carbocycles. The van der Waals surface area contributed by atoms with E-state index in [9.17, 15) is 32.3 Å². The summed E-state index contributed by atoms with van der Waals surface area (Å²) in [7, 11) is 1.39. The first-order chi connectivity index (χ1) is 15.5. The molecule has 0 aromatic heterocycles. The fourth-order valence-electron chi connectivity index (χ4n) is 4.53. The van der Waals surface area contributed by atoms with Gasteiger partial charge in [-0.3, -0.25) is 0 Å². The summed E-state index contributed by atoms with van der Waals surface area (Å²) >= 11 is 0. The number of carboxylic acid groups (broad SMARTS) is 1. The quantitative estimate of drug-likeness (QED) is 0.347. The zero-order valence-corrected chi connectivity index (χ0v) is 18.4. The van der Waals surface area contributed by atoms with Crippen LogP contribution in [0.4, 0.5) is 23.2 Å². The zero-order valence-electron chi connectivity index (χ0n) is 18.4. The van der Waals surface area contributed by atoms with E-state index < -0.39 is 45.5 Å². The van der Waals surface area contributed by atoms with Crippen molar-refractivity contribution in [1.29, 1.82) is 0 Å². The van der Waals surface area contributed by atoms with Crippen molar-refractivity contribution in [2.75, 3.05) is 13.7 Å². The second-order valence-electron chi connectivity index (χ2n) is 8.01. The van der Waals surface area contributed by atoms with Crippen LogP contribution in [0.3, 0.4) is 0 Å². The van der Waals surface area contributed by atoms with Gasteiger partial charge in [0.15, 0.2) is 5.57 Å². The van der Waals surface area contributed by atoms with Gasteiger partial charge in [0.25, 0.3) is 0 Å². The van der Waals surface area contributed by atoms with Crippen LogP contribution in [0.5, 0.6) is 0 Å². The summed E-state index contributed by atoms with van der Waals surface area (Å²) in [5.74, 6) is -2.92. The van der Waals surface area contributed by atoms with Crippen LogP contribution in [0.15, 0.2) is 48.0 Å². The summed E-state index contributed by atoms with van der Waals surface area (Å²) < 4.78 is 59.5. The van der Waals surface area contributed by atoms with Crippen LogP contribution in [-0.4, -0.2) is 36.7 Å². The Balaban J connectivity index is 2.43. The van der Waals surface area contributed by atoms with E-state index in [4.69, 9.17) is 4.74 Å². The minimum absolute atomic E-state index is 0.0190. The second-order valence-corrected chi connectivity index (χ2v) is 8.01. The van der Waals surface area contributed by atoms with E-state index in [-0.39, 0.29) is 36.4 Å². The number of hydrogen-bond donors (Lipinski definition) is 1. The van der Waals surface area contributed by atoms with E-state index in [0.717, 1.165) is 12.1 Å². The van der Waals surface area contributed by atoms with Gasteiger partial charge in [-0.15, -0.1) is 0 Å². The number of amides is 1. The van der Waals surface area contributed by atoms with Crippen LogP contribution in [0, 0.1) is 5.82 Å². The molecule has 0 radical (unpaired) electrons. The lowest BCUT2D eigenvalue weighted by Gasteiger charge is -2.45. The predicted molar refractivity (Wildman–Crippen MR) is 115 cm³/mol. The fraction of sp³-hybridized carbons (Fsp3) is 0.333. The van der Waals surface area contributed by atoms with Crippen molar-refractivity contribution in [3.05, 3.63) is 70.5 Å². The highest BCUT2D eigenvalue weighted by Gasteiger charge is 2.54. The molecule has 0 saturated heterocycles. The molecule has 1 amide bonds. The Morgan fingerprint density at radius 3 is 2.42 bits per heavy atom. The Hall–Kier alpha value is -3.04. The molecular formula is C24H24F4NO4+. The highest BCUT2D eigenvalue weighted by molar-refractivity contribution is 6.27. The third kappa shape index (κ3) is 4.30. The third-order valence-electron chi connectivity index (χ3n) is 6.10. The van der Waals surface area contributed by atoms with Crippen LogP contribution in [0.1, 0.15) is 37.0 Å². The van der Waals surface area contributed by atoms with Gasteiger partial charge < -0.3 is 9.84 Å². The molecule has 2 aromatic rings. The van der Waals surface area contributed by atoms with Gasteiger partial charge in [-0.05, 0) is 43.2 Å². The normalized spacial score (nSPS) is 19.4. The van der Waals surface area contributed by atoms with Gasteiger partial charge in [-0.2, -0.15) is 13.2 Å². The third-order valence-corrected chi connectivity index (χ3v) is 6.10. The fourth-order valence-corrected chi connectivity index (χ4v) is 4.53. The number of alkyl halides is 3. The predicted octanol–water partition coefficient (Wildman–Crippen LogP) is 5.18. The highest BCUT2D eigenvalue weighted by atomic mass is 19.4. The van der Waals surface area contributed by atoms with Gasteiger partial charge in [-0.25, -0.2) is 18.5 Å². The minimum Gasteiger partial charge on any atom is -0.477 e. The zero-order chi connectivity index (χ0) is 24.6. The molecule has 2 atom stereocenters. The first kappa shape index (κ1) is 24.6. The van der Waals surface area contributed by atoms with Crippen molar-refractivity contribution in [2.45, 2.75) is 39.0 Å². The average molecular weight is 466 g/mol. The topological polar surface area (TPSA) is 63.6 Å². The first-order valence-corrected chi connectivity index (χ1v) is 10.3. The van der Waals surface area contributed by atoms with Crippen molar-refractivity contribution >= 4 is 23.1 Å². The number of rotatable bonds is 7. The van der Waals surface area contributed by atoms with E-state index >= 15 is 0 Å². The number of ether oxygens (including phenoxy) is 1. The van der Waals surface area contributed by atoms with E-state index in [0.29, 0.717) is 5.56 Å². The van der Waals surface area contributed by atoms with Crippen LogP contribution in [0.2, 0.25) is 0 Å². The van der Waals surface area contributed by atoms with E-state index in [2.05, 4.69) is 0 Å². The van der Waals surface area contributed by atoms with Crippen molar-refractivity contribution in [3.8, 4) is 0 Å². The molecule has 9 heteroatoms.